The van der Waals surface area contributed by atoms with Gasteiger partial charge in [0.15, 0.2) is 0 Å². The second-order valence-electron chi connectivity index (χ2n) is 20.6. The lowest BCUT2D eigenvalue weighted by Crippen LogP contribution is -2.26. The van der Waals surface area contributed by atoms with Gasteiger partial charge in [0.1, 0.15) is 0 Å². The lowest BCUT2D eigenvalue weighted by atomic mass is 9.86. The van der Waals surface area contributed by atoms with Crippen molar-refractivity contribution in [2.75, 3.05) is 26.4 Å². The molecule has 2 fully saturated rings. The second-order valence-corrected chi connectivity index (χ2v) is 21.5. The van der Waals surface area contributed by atoms with Gasteiger partial charge >= 0.3 is 0 Å². The molecule has 0 bridgehead atoms. The zero-order valence-corrected chi connectivity index (χ0v) is 45.8. The molecule has 8 aromatic heterocycles. The van der Waals surface area contributed by atoms with Crippen LogP contribution >= 0.6 is 15.9 Å². The molecule has 14 nitrogen and oxygen atoms in total. The molecule has 4 aromatic carbocycles. The van der Waals surface area contributed by atoms with Crippen LogP contribution in [0.25, 0.3) is 76.9 Å². The molecule has 0 N–H and O–H groups in total. The topological polar surface area (TPSA) is 125 Å². The molecule has 386 valence electrons. The van der Waals surface area contributed by atoms with Gasteiger partial charge in [0.25, 0.3) is 0 Å². The summed E-state index contributed by atoms with van der Waals surface area (Å²) in [6.07, 6.45) is 12.4. The van der Waals surface area contributed by atoms with Gasteiger partial charge in [-0.15, -0.1) is 10.2 Å². The van der Waals surface area contributed by atoms with Gasteiger partial charge in [-0.1, -0.05) is 71.1 Å². The molecule has 12 aromatic rings. The second kappa shape index (κ2) is 20.6. The number of hydrogen-bond donors (Lipinski definition) is 0. The zero-order valence-electron chi connectivity index (χ0n) is 44.2. The van der Waals surface area contributed by atoms with Gasteiger partial charge in [0.05, 0.1) is 68.0 Å². The van der Waals surface area contributed by atoms with Crippen molar-refractivity contribution in [1.82, 2.24) is 58.2 Å². The Morgan fingerprint density at radius 1 is 0.513 bits per heavy atom. The predicted octanol–water partition coefficient (Wildman–Crippen LogP) is 12.7. The van der Waals surface area contributed by atoms with Crippen LogP contribution in [0.3, 0.4) is 0 Å². The predicted molar refractivity (Wildman–Crippen MR) is 307 cm³/mol. The Kier molecular flexibility index (Phi) is 13.4. The summed E-state index contributed by atoms with van der Waals surface area (Å²) in [6, 6.07) is 40.3. The van der Waals surface area contributed by atoms with Crippen LogP contribution in [0.1, 0.15) is 66.0 Å². The molecule has 2 aliphatic heterocycles. The van der Waals surface area contributed by atoms with E-state index in [1.807, 2.05) is 51.9 Å². The smallest absolute Gasteiger partial charge is 0.0967 e. The average molecular weight is 1080 g/mol. The summed E-state index contributed by atoms with van der Waals surface area (Å²) in [4.78, 5) is 10.0. The van der Waals surface area contributed by atoms with E-state index >= 15 is 0 Å². The number of halogens is 1. The number of rotatable bonds is 7. The van der Waals surface area contributed by atoms with E-state index in [-0.39, 0.29) is 12.1 Å². The summed E-state index contributed by atoms with van der Waals surface area (Å²) in [5, 5.41) is 21.1. The van der Waals surface area contributed by atoms with Crippen molar-refractivity contribution in [3.05, 3.63) is 167 Å². The lowest BCUT2D eigenvalue weighted by molar-refractivity contribution is 0.0552. The minimum atomic E-state index is 0.175. The fraction of sp³-hybridized carbons (Fsp3) is 0.311. The molecule has 10 heterocycles. The Morgan fingerprint density at radius 2 is 0.974 bits per heavy atom. The van der Waals surface area contributed by atoms with Crippen LogP contribution in [-0.2, 0) is 37.7 Å². The number of pyridine rings is 2. The third kappa shape index (κ3) is 8.77. The molecular weight excluding hydrogens is 1010 g/mol. The van der Waals surface area contributed by atoms with Crippen molar-refractivity contribution in [3.63, 3.8) is 0 Å². The summed E-state index contributed by atoms with van der Waals surface area (Å²) in [5.41, 5.74) is 17.1. The van der Waals surface area contributed by atoms with E-state index in [2.05, 4.69) is 191 Å². The number of aryl methyl sites for hydroxylation is 6. The summed E-state index contributed by atoms with van der Waals surface area (Å²) in [7, 11) is 8.03. The molecule has 0 unspecified atom stereocenters. The van der Waals surface area contributed by atoms with Crippen molar-refractivity contribution < 1.29 is 9.47 Å². The van der Waals surface area contributed by atoms with E-state index in [1.165, 1.54) is 60.3 Å². The normalized spacial score (nSPS) is 15.4. The molecule has 0 saturated carbocycles. The van der Waals surface area contributed by atoms with E-state index in [4.69, 9.17) is 19.4 Å². The fourth-order valence-corrected chi connectivity index (χ4v) is 12.5. The molecular formula is C61H63BrN12O2. The molecule has 2 aliphatic rings. The van der Waals surface area contributed by atoms with Gasteiger partial charge in [0, 0.05) is 122 Å². The Bertz CT molecular complexity index is 4000. The summed E-state index contributed by atoms with van der Waals surface area (Å²) >= 11 is 3.68. The number of nitrogens with zero attached hydrogens (tertiary/aromatic N) is 12. The van der Waals surface area contributed by atoms with Crippen molar-refractivity contribution in [3.8, 4) is 11.3 Å². The zero-order chi connectivity index (χ0) is 52.2. The summed E-state index contributed by atoms with van der Waals surface area (Å²) < 4.78 is 25.6. The number of ether oxygens (including phenoxy) is 2. The molecule has 0 aliphatic carbocycles. The highest BCUT2D eigenvalue weighted by molar-refractivity contribution is 9.10. The number of benzene rings is 4. The van der Waals surface area contributed by atoms with Gasteiger partial charge in [-0.3, -0.25) is 14.6 Å². The first-order chi connectivity index (χ1) is 37.0. The monoisotopic (exact) mass is 1070 g/mol. The Hall–Kier alpha value is -7.46. The third-order valence-electron chi connectivity index (χ3n) is 16.2. The van der Waals surface area contributed by atoms with Crippen LogP contribution in [0.15, 0.2) is 138 Å². The minimum absolute atomic E-state index is 0.175. The van der Waals surface area contributed by atoms with Crippen molar-refractivity contribution in [2.24, 2.45) is 40.0 Å². The van der Waals surface area contributed by atoms with Gasteiger partial charge in [0.2, 0.25) is 0 Å². The molecule has 0 spiro atoms. The van der Waals surface area contributed by atoms with Crippen molar-refractivity contribution in [1.29, 1.82) is 0 Å². The Morgan fingerprint density at radius 3 is 1.42 bits per heavy atom. The van der Waals surface area contributed by atoms with Crippen LogP contribution < -0.4 is 0 Å². The van der Waals surface area contributed by atoms with Gasteiger partial charge in [-0.25, -0.2) is 4.68 Å². The molecule has 0 amide bonds. The molecule has 14 rings (SSSR count). The number of hydrogen-bond acceptors (Lipinski definition) is 8. The van der Waals surface area contributed by atoms with Crippen LogP contribution in [-0.4, -0.2) is 84.7 Å². The van der Waals surface area contributed by atoms with Crippen LogP contribution in [0.5, 0.6) is 0 Å². The number of fused-ring (bicyclic) bond motifs is 10. The van der Waals surface area contributed by atoms with Crippen molar-refractivity contribution >= 4 is 81.6 Å². The fourth-order valence-electron chi connectivity index (χ4n) is 12.2. The molecule has 2 saturated heterocycles. The maximum absolute atomic E-state index is 5.79. The van der Waals surface area contributed by atoms with Crippen LogP contribution in [0, 0.1) is 32.6 Å². The summed E-state index contributed by atoms with van der Waals surface area (Å²) in [6.45, 7) is 9.21. The Balaban J connectivity index is 0.000000135. The highest BCUT2D eigenvalue weighted by Crippen LogP contribution is 2.45. The first-order valence-corrected chi connectivity index (χ1v) is 27.2. The van der Waals surface area contributed by atoms with Crippen LogP contribution in [0.2, 0.25) is 0 Å². The highest BCUT2D eigenvalue weighted by Gasteiger charge is 2.33. The SMILES string of the molecule is Cc1nnn(C)c1-c1cnc2c3c4ccn(C)c4ccc3n([C@H](c3ccccc3)C3CCOCC3)c2c1.Cc1nnn(C)c1C.Cn1ccc2c3c4ncc(Br)cc4n([C@H](c4ccccc4)C4CCOCC4)c3ccc21. The molecule has 76 heavy (non-hydrogen) atoms. The highest BCUT2D eigenvalue weighted by atomic mass is 79.9. The maximum atomic E-state index is 5.79. The summed E-state index contributed by atoms with van der Waals surface area (Å²) in [5.74, 6) is 0.977. The molecule has 0 radical (unpaired) electrons. The first kappa shape index (κ1) is 49.4. The van der Waals surface area contributed by atoms with Crippen LogP contribution in [0.4, 0.5) is 0 Å². The van der Waals surface area contributed by atoms with E-state index in [0.717, 1.165) is 101 Å². The number of aromatic nitrogens is 12. The minimum Gasteiger partial charge on any atom is -0.381 e. The first-order valence-electron chi connectivity index (χ1n) is 26.4. The average Bonchev–Trinajstić information content (AvgIpc) is 4.45. The van der Waals surface area contributed by atoms with E-state index in [9.17, 15) is 0 Å². The quantitative estimate of drug-likeness (QED) is 0.154. The van der Waals surface area contributed by atoms with Gasteiger partial charge in [-0.2, -0.15) is 0 Å². The standard InChI is InChI=1S/C30H30N6O.C26H24BrN3O.C5H9N3/c1-19-29(35(3)33-32-19)22-17-26-28(31-18-22)27-23-11-14-34(2)24(23)9-10-25(27)36(26)30(20-7-5-4-6-8-20)21-12-15-37-16-13-21;1-29-12-9-20-21(29)7-8-22-24(20)25-23(15-19(27)16-28-25)30(22)26(17-5-3-2-4-6-17)18-10-13-31-14-11-18;1-4-5(2)8(3)7-6-4/h4-11,14,17-18,21,30H,12-13,15-16H2,1-3H3;2-9,12,15-16,18,26H,10-11,13-14H2,1H3;1-3H3/t30-;26-;/m11./s1. The Labute approximate surface area is 450 Å². The van der Waals surface area contributed by atoms with E-state index < -0.39 is 0 Å². The van der Waals surface area contributed by atoms with Gasteiger partial charge in [-0.05, 0) is 134 Å². The van der Waals surface area contributed by atoms with Crippen molar-refractivity contribution in [2.45, 2.75) is 58.5 Å². The third-order valence-corrected chi connectivity index (χ3v) is 16.6. The molecule has 2 atom stereocenters. The lowest BCUT2D eigenvalue weighted by Gasteiger charge is -2.33. The molecule has 15 heteroatoms. The van der Waals surface area contributed by atoms with E-state index in [0.29, 0.717) is 11.8 Å². The van der Waals surface area contributed by atoms with Gasteiger partial charge < -0.3 is 27.7 Å². The maximum Gasteiger partial charge on any atom is 0.0967 e. The van der Waals surface area contributed by atoms with E-state index in [1.54, 1.807) is 4.68 Å². The largest absolute Gasteiger partial charge is 0.381 e.